The third-order valence-corrected chi connectivity index (χ3v) is 4.77. The number of hydrogen-bond acceptors (Lipinski definition) is 6. The molecule has 0 unspecified atom stereocenters. The van der Waals surface area contributed by atoms with Gasteiger partial charge in [0.05, 0.1) is 25.4 Å². The van der Waals surface area contributed by atoms with Gasteiger partial charge in [0.25, 0.3) is 0 Å². The first-order valence-electron chi connectivity index (χ1n) is 9.14. The molecule has 0 amide bonds. The number of hydrogen-bond donors (Lipinski definition) is 0. The second-order valence-electron chi connectivity index (χ2n) is 6.47. The summed E-state index contributed by atoms with van der Waals surface area (Å²) in [6.07, 6.45) is 4.55. The molecular weight excluding hydrogens is 406 g/mol. The van der Waals surface area contributed by atoms with Crippen LogP contribution >= 0.6 is 11.6 Å². The Morgan fingerprint density at radius 3 is 2.73 bits per heavy atom. The number of carbonyl (C=O) groups is 1. The van der Waals surface area contributed by atoms with E-state index in [0.717, 1.165) is 16.9 Å². The zero-order valence-corrected chi connectivity index (χ0v) is 16.9. The summed E-state index contributed by atoms with van der Waals surface area (Å²) in [4.78, 5) is 16.7. The van der Waals surface area contributed by atoms with Crippen LogP contribution < -0.4 is 4.74 Å². The monoisotopic (exact) mass is 423 g/mol. The highest BCUT2D eigenvalue weighted by atomic mass is 35.5. The minimum absolute atomic E-state index is 0.00577. The van der Waals surface area contributed by atoms with Crippen molar-refractivity contribution in [3.05, 3.63) is 89.0 Å². The second-order valence-corrected chi connectivity index (χ2v) is 6.87. The summed E-state index contributed by atoms with van der Waals surface area (Å²) in [7, 11) is 1.60. The van der Waals surface area contributed by atoms with Crippen LogP contribution in [0.5, 0.6) is 5.75 Å². The molecule has 0 N–H and O–H groups in total. The van der Waals surface area contributed by atoms with Crippen molar-refractivity contribution in [3.8, 4) is 17.2 Å². The summed E-state index contributed by atoms with van der Waals surface area (Å²) in [6.45, 7) is 0.454. The zero-order valence-electron chi connectivity index (χ0n) is 16.1. The summed E-state index contributed by atoms with van der Waals surface area (Å²) < 4.78 is 17.6. The van der Waals surface area contributed by atoms with Gasteiger partial charge in [-0.3, -0.25) is 4.68 Å². The molecule has 0 aliphatic heterocycles. The van der Waals surface area contributed by atoms with Crippen LogP contribution in [0.4, 0.5) is 0 Å². The van der Waals surface area contributed by atoms with Gasteiger partial charge >= 0.3 is 5.97 Å². The average molecular weight is 424 g/mol. The fourth-order valence-corrected chi connectivity index (χ4v) is 3.01. The Hall–Kier alpha value is -3.58. The van der Waals surface area contributed by atoms with E-state index in [-0.39, 0.29) is 6.61 Å². The van der Waals surface area contributed by atoms with E-state index in [2.05, 4.69) is 10.1 Å². The predicted molar refractivity (Wildman–Crippen MR) is 110 cm³/mol. The molecule has 0 saturated heterocycles. The molecule has 4 rings (SSSR count). The van der Waals surface area contributed by atoms with Crippen molar-refractivity contribution in [1.29, 1.82) is 0 Å². The maximum atomic E-state index is 12.3. The molecule has 7 nitrogen and oxygen atoms in total. The number of rotatable bonds is 7. The van der Waals surface area contributed by atoms with Crippen molar-refractivity contribution in [2.75, 3.05) is 7.11 Å². The van der Waals surface area contributed by atoms with Gasteiger partial charge in [-0.15, -0.1) is 0 Å². The van der Waals surface area contributed by atoms with Crippen molar-refractivity contribution in [2.24, 2.45) is 0 Å². The normalized spacial score (nSPS) is 10.7. The maximum Gasteiger partial charge on any atom is 0.341 e. The lowest BCUT2D eigenvalue weighted by Crippen LogP contribution is -2.05. The Balaban J connectivity index is 1.35. The number of aromatic nitrogens is 3. The molecule has 152 valence electrons. The van der Waals surface area contributed by atoms with E-state index in [1.165, 1.54) is 12.5 Å². The van der Waals surface area contributed by atoms with Gasteiger partial charge in [-0.25, -0.2) is 9.78 Å². The van der Waals surface area contributed by atoms with Crippen molar-refractivity contribution in [1.82, 2.24) is 14.8 Å². The molecule has 0 saturated carbocycles. The van der Waals surface area contributed by atoms with Gasteiger partial charge in [0.15, 0.2) is 0 Å². The first-order valence-corrected chi connectivity index (χ1v) is 9.52. The smallest absolute Gasteiger partial charge is 0.341 e. The first kappa shape index (κ1) is 19.7. The highest BCUT2D eigenvalue weighted by Gasteiger charge is 2.13. The number of ether oxygens (including phenoxy) is 2. The standard InChI is InChI=1S/C22H18ClN3O4/c1-28-19-8-6-15(7-9-19)21-25-18(13-29-21)14-30-22(27)17-10-24-26(12-17)11-16-4-2-3-5-20(16)23/h2-10,12-13H,11,14H2,1H3. The summed E-state index contributed by atoms with van der Waals surface area (Å²) in [5.41, 5.74) is 2.57. The van der Waals surface area contributed by atoms with Crippen LogP contribution in [-0.2, 0) is 17.9 Å². The van der Waals surface area contributed by atoms with Gasteiger partial charge in [-0.2, -0.15) is 5.10 Å². The molecule has 0 fully saturated rings. The van der Waals surface area contributed by atoms with Gasteiger partial charge in [0.2, 0.25) is 5.89 Å². The number of benzene rings is 2. The van der Waals surface area contributed by atoms with Crippen LogP contribution in [0.15, 0.2) is 71.6 Å². The lowest BCUT2D eigenvalue weighted by Gasteiger charge is -2.03. The predicted octanol–water partition coefficient (Wildman–Crippen LogP) is 4.61. The van der Waals surface area contributed by atoms with Gasteiger partial charge in [-0.1, -0.05) is 29.8 Å². The molecule has 0 aliphatic carbocycles. The van der Waals surface area contributed by atoms with E-state index >= 15 is 0 Å². The Bertz CT molecular complexity index is 1150. The van der Waals surface area contributed by atoms with Gasteiger partial charge < -0.3 is 13.9 Å². The highest BCUT2D eigenvalue weighted by Crippen LogP contribution is 2.22. The SMILES string of the molecule is COc1ccc(-c2nc(COC(=O)c3cnn(Cc4ccccc4Cl)c3)co2)cc1. The Morgan fingerprint density at radius 2 is 1.97 bits per heavy atom. The molecular formula is C22H18ClN3O4. The first-order chi connectivity index (χ1) is 14.6. The zero-order chi connectivity index (χ0) is 20.9. The molecule has 2 aromatic carbocycles. The van der Waals surface area contributed by atoms with Crippen LogP contribution in [0, 0.1) is 0 Å². The van der Waals surface area contributed by atoms with Gasteiger partial charge in [0.1, 0.15) is 24.3 Å². The largest absolute Gasteiger partial charge is 0.497 e. The molecule has 30 heavy (non-hydrogen) atoms. The molecule has 4 aromatic rings. The van der Waals surface area contributed by atoms with Crippen molar-refractivity contribution in [3.63, 3.8) is 0 Å². The van der Waals surface area contributed by atoms with E-state index in [1.54, 1.807) is 18.0 Å². The fourth-order valence-electron chi connectivity index (χ4n) is 2.82. The molecule has 0 atom stereocenters. The lowest BCUT2D eigenvalue weighted by atomic mass is 10.2. The van der Waals surface area contributed by atoms with E-state index in [1.807, 2.05) is 48.5 Å². The molecule has 8 heteroatoms. The summed E-state index contributed by atoms with van der Waals surface area (Å²) in [5, 5.41) is 4.85. The van der Waals surface area contributed by atoms with Crippen molar-refractivity contribution in [2.45, 2.75) is 13.2 Å². The summed E-state index contributed by atoms with van der Waals surface area (Å²) >= 11 is 6.17. The van der Waals surface area contributed by atoms with Crippen molar-refractivity contribution < 1.29 is 18.7 Å². The number of nitrogens with zero attached hydrogens (tertiary/aromatic N) is 3. The highest BCUT2D eigenvalue weighted by molar-refractivity contribution is 6.31. The van der Waals surface area contributed by atoms with Gasteiger partial charge in [-0.05, 0) is 35.9 Å². The van der Waals surface area contributed by atoms with Crippen LogP contribution in [0.1, 0.15) is 21.6 Å². The molecule has 2 aromatic heterocycles. The van der Waals surface area contributed by atoms with E-state index in [9.17, 15) is 4.79 Å². The third kappa shape index (κ3) is 4.52. The topological polar surface area (TPSA) is 79.4 Å². The van der Waals surface area contributed by atoms with Crippen LogP contribution in [0.3, 0.4) is 0 Å². The molecule has 0 bridgehead atoms. The molecule has 0 spiro atoms. The minimum Gasteiger partial charge on any atom is -0.497 e. The summed E-state index contributed by atoms with van der Waals surface area (Å²) in [6, 6.07) is 14.8. The average Bonchev–Trinajstić information content (AvgIpc) is 3.44. The number of oxazole rings is 1. The Labute approximate surface area is 177 Å². The van der Waals surface area contributed by atoms with Crippen LogP contribution in [0.25, 0.3) is 11.5 Å². The van der Waals surface area contributed by atoms with Crippen LogP contribution in [0.2, 0.25) is 5.02 Å². The molecule has 0 aliphatic rings. The minimum atomic E-state index is -0.491. The summed E-state index contributed by atoms with van der Waals surface area (Å²) in [5.74, 6) is 0.695. The third-order valence-electron chi connectivity index (χ3n) is 4.40. The molecule has 0 radical (unpaired) electrons. The van der Waals surface area contributed by atoms with Crippen LogP contribution in [-0.4, -0.2) is 27.8 Å². The molecule has 2 heterocycles. The second kappa shape index (κ2) is 8.84. The van der Waals surface area contributed by atoms with E-state index in [4.69, 9.17) is 25.5 Å². The lowest BCUT2D eigenvalue weighted by molar-refractivity contribution is 0.0467. The van der Waals surface area contributed by atoms with Crippen molar-refractivity contribution >= 4 is 17.6 Å². The quantitative estimate of drug-likeness (QED) is 0.404. The Kier molecular flexibility index (Phi) is 5.81. The van der Waals surface area contributed by atoms with E-state index < -0.39 is 5.97 Å². The number of carbonyl (C=O) groups excluding carboxylic acids is 1. The number of halogens is 1. The van der Waals surface area contributed by atoms with E-state index in [0.29, 0.717) is 28.7 Å². The number of methoxy groups -OCH3 is 1. The number of esters is 1. The maximum absolute atomic E-state index is 12.3. The Morgan fingerprint density at radius 1 is 1.17 bits per heavy atom. The van der Waals surface area contributed by atoms with Gasteiger partial charge in [0, 0.05) is 16.8 Å². The fraction of sp³-hybridized carbons (Fsp3) is 0.136.